The molecule has 0 aliphatic heterocycles. The van der Waals surface area contributed by atoms with E-state index in [1.807, 2.05) is 43.3 Å². The molecule has 0 aliphatic rings. The summed E-state index contributed by atoms with van der Waals surface area (Å²) in [4.78, 5) is 11.4. The molecule has 0 heterocycles. The van der Waals surface area contributed by atoms with Gasteiger partial charge in [-0.15, -0.1) is 0 Å². The lowest BCUT2D eigenvalue weighted by molar-refractivity contribution is -0.120. The summed E-state index contributed by atoms with van der Waals surface area (Å²) in [6, 6.07) is 16.0. The van der Waals surface area contributed by atoms with Gasteiger partial charge in [0.25, 0.3) is 0 Å². The molecule has 4 nitrogen and oxygen atoms in total. The maximum atomic E-state index is 11.4. The van der Waals surface area contributed by atoms with E-state index < -0.39 is 0 Å². The van der Waals surface area contributed by atoms with Gasteiger partial charge in [-0.05, 0) is 42.2 Å². The molecule has 1 atom stereocenters. The van der Waals surface area contributed by atoms with Crippen LogP contribution in [0.25, 0.3) is 11.1 Å². The Morgan fingerprint density at radius 3 is 2.67 bits per heavy atom. The minimum absolute atomic E-state index is 0.0151. The summed E-state index contributed by atoms with van der Waals surface area (Å²) in [6.07, 6.45) is 0.747. The molecule has 1 amide bonds. The van der Waals surface area contributed by atoms with Gasteiger partial charge < -0.3 is 16.8 Å². The summed E-state index contributed by atoms with van der Waals surface area (Å²) in [5.74, 6) is -0.135. The largest absolute Gasteiger partial charge is 0.399 e. The number of carbonyl (C=O) groups is 1. The van der Waals surface area contributed by atoms with Gasteiger partial charge in [-0.25, -0.2) is 0 Å². The molecule has 0 fully saturated rings. The summed E-state index contributed by atoms with van der Waals surface area (Å²) in [6.45, 7) is 1.99. The first-order chi connectivity index (χ1) is 10.1. The highest BCUT2D eigenvalue weighted by Gasteiger charge is 2.10. The summed E-state index contributed by atoms with van der Waals surface area (Å²) in [7, 11) is 0. The lowest BCUT2D eigenvalue weighted by Crippen LogP contribution is -2.38. The maximum Gasteiger partial charge on any atom is 0.233 e. The highest BCUT2D eigenvalue weighted by atomic mass is 16.1. The number of hydrogen-bond acceptors (Lipinski definition) is 3. The first-order valence-electron chi connectivity index (χ1n) is 7.03. The van der Waals surface area contributed by atoms with E-state index in [1.165, 1.54) is 5.56 Å². The van der Waals surface area contributed by atoms with Crippen LogP contribution in [0.15, 0.2) is 48.5 Å². The number of amides is 1. The Bertz CT molecular complexity index is 625. The fourth-order valence-electron chi connectivity index (χ4n) is 2.40. The first kappa shape index (κ1) is 15.1. The molecule has 0 spiro atoms. The molecule has 0 saturated heterocycles. The van der Waals surface area contributed by atoms with Gasteiger partial charge in [0.1, 0.15) is 0 Å². The third-order valence-electron chi connectivity index (χ3n) is 3.33. The second-order valence-electron chi connectivity index (χ2n) is 5.16. The molecule has 0 aliphatic carbocycles. The third-order valence-corrected chi connectivity index (χ3v) is 3.33. The molecular formula is C17H21N3O. The van der Waals surface area contributed by atoms with Gasteiger partial charge in [0.2, 0.25) is 5.91 Å². The molecule has 2 aromatic carbocycles. The van der Waals surface area contributed by atoms with Crippen molar-refractivity contribution in [3.63, 3.8) is 0 Å². The second-order valence-corrected chi connectivity index (χ2v) is 5.16. The van der Waals surface area contributed by atoms with Crippen LogP contribution in [0.2, 0.25) is 0 Å². The van der Waals surface area contributed by atoms with Crippen LogP contribution in [0.5, 0.6) is 0 Å². The van der Waals surface area contributed by atoms with E-state index in [9.17, 15) is 4.79 Å². The van der Waals surface area contributed by atoms with E-state index in [2.05, 4.69) is 17.4 Å². The van der Waals surface area contributed by atoms with E-state index in [0.29, 0.717) is 0 Å². The quantitative estimate of drug-likeness (QED) is 0.734. The summed E-state index contributed by atoms with van der Waals surface area (Å²) >= 11 is 0. The maximum absolute atomic E-state index is 11.4. The predicted octanol–water partition coefficient (Wildman–Crippen LogP) is 1.94. The number of nitrogens with one attached hydrogen (secondary N) is 1. The molecule has 2 rings (SSSR count). The lowest BCUT2D eigenvalue weighted by atomic mass is 9.95. The zero-order chi connectivity index (χ0) is 15.2. The zero-order valence-corrected chi connectivity index (χ0v) is 12.2. The molecule has 0 aromatic heterocycles. The van der Waals surface area contributed by atoms with Gasteiger partial charge >= 0.3 is 0 Å². The molecule has 2 aromatic rings. The number of carbonyl (C=O) groups excluding carboxylic acids is 1. The minimum Gasteiger partial charge on any atom is -0.399 e. The van der Waals surface area contributed by atoms with Crippen molar-refractivity contribution < 1.29 is 4.79 Å². The van der Waals surface area contributed by atoms with E-state index in [4.69, 9.17) is 11.5 Å². The third kappa shape index (κ3) is 4.07. The highest BCUT2D eigenvalue weighted by Crippen LogP contribution is 2.26. The van der Waals surface area contributed by atoms with Gasteiger partial charge in [0, 0.05) is 11.7 Å². The Kier molecular flexibility index (Phi) is 4.95. The molecular weight excluding hydrogens is 262 g/mol. The van der Waals surface area contributed by atoms with Crippen LogP contribution in [-0.4, -0.2) is 18.5 Å². The fraction of sp³-hybridized carbons (Fsp3) is 0.235. The van der Waals surface area contributed by atoms with Gasteiger partial charge in [0.15, 0.2) is 0 Å². The average Bonchev–Trinajstić information content (AvgIpc) is 2.47. The van der Waals surface area contributed by atoms with Gasteiger partial charge in [-0.3, -0.25) is 4.79 Å². The molecule has 1 unspecified atom stereocenters. The minimum atomic E-state index is -0.135. The number of anilines is 1. The topological polar surface area (TPSA) is 81.1 Å². The lowest BCUT2D eigenvalue weighted by Gasteiger charge is -2.16. The van der Waals surface area contributed by atoms with Crippen LogP contribution in [0.3, 0.4) is 0 Å². The summed E-state index contributed by atoms with van der Waals surface area (Å²) in [5.41, 5.74) is 15.3. The zero-order valence-electron chi connectivity index (χ0n) is 12.2. The normalized spacial score (nSPS) is 11.9. The summed E-state index contributed by atoms with van der Waals surface area (Å²) in [5, 5.41) is 2.88. The second kappa shape index (κ2) is 6.90. The average molecular weight is 283 g/mol. The Hall–Kier alpha value is -2.33. The van der Waals surface area contributed by atoms with Crippen LogP contribution in [0.1, 0.15) is 12.5 Å². The van der Waals surface area contributed by atoms with E-state index in [-0.39, 0.29) is 18.5 Å². The standard InChI is InChI=1S/C17H21N3O/c1-12(20-17(21)11-18)9-13-5-2-3-8-16(13)14-6-4-7-15(19)10-14/h2-8,10,12H,9,11,18-19H2,1H3,(H,20,21). The van der Waals surface area contributed by atoms with Crippen molar-refractivity contribution in [2.24, 2.45) is 5.73 Å². The monoisotopic (exact) mass is 283 g/mol. The molecule has 110 valence electrons. The van der Waals surface area contributed by atoms with E-state index >= 15 is 0 Å². The van der Waals surface area contributed by atoms with Crippen molar-refractivity contribution in [2.45, 2.75) is 19.4 Å². The van der Waals surface area contributed by atoms with Crippen LogP contribution in [-0.2, 0) is 11.2 Å². The van der Waals surface area contributed by atoms with Gasteiger partial charge in [-0.2, -0.15) is 0 Å². The molecule has 5 N–H and O–H groups in total. The number of nitrogens with two attached hydrogens (primary N) is 2. The van der Waals surface area contributed by atoms with Crippen molar-refractivity contribution >= 4 is 11.6 Å². The Morgan fingerprint density at radius 2 is 1.95 bits per heavy atom. The van der Waals surface area contributed by atoms with Crippen LogP contribution in [0, 0.1) is 0 Å². The van der Waals surface area contributed by atoms with Gasteiger partial charge in [-0.1, -0.05) is 36.4 Å². The predicted molar refractivity (Wildman–Crippen MR) is 86.7 cm³/mol. The first-order valence-corrected chi connectivity index (χ1v) is 7.03. The van der Waals surface area contributed by atoms with Gasteiger partial charge in [0.05, 0.1) is 6.54 Å². The smallest absolute Gasteiger partial charge is 0.233 e. The highest BCUT2D eigenvalue weighted by molar-refractivity contribution is 5.78. The Balaban J connectivity index is 2.23. The van der Waals surface area contributed by atoms with E-state index in [1.54, 1.807) is 0 Å². The molecule has 0 bridgehead atoms. The Morgan fingerprint density at radius 1 is 1.19 bits per heavy atom. The number of rotatable bonds is 5. The van der Waals surface area contributed by atoms with Crippen molar-refractivity contribution in [3.8, 4) is 11.1 Å². The van der Waals surface area contributed by atoms with Crippen molar-refractivity contribution in [3.05, 3.63) is 54.1 Å². The van der Waals surface area contributed by atoms with E-state index in [0.717, 1.165) is 23.2 Å². The SMILES string of the molecule is CC(Cc1ccccc1-c1cccc(N)c1)NC(=O)CN. The molecule has 21 heavy (non-hydrogen) atoms. The van der Waals surface area contributed by atoms with Crippen molar-refractivity contribution in [2.75, 3.05) is 12.3 Å². The summed E-state index contributed by atoms with van der Waals surface area (Å²) < 4.78 is 0. The van der Waals surface area contributed by atoms with Crippen molar-refractivity contribution in [1.82, 2.24) is 5.32 Å². The Labute approximate surface area is 125 Å². The molecule has 0 radical (unpaired) electrons. The number of hydrogen-bond donors (Lipinski definition) is 3. The van der Waals surface area contributed by atoms with Crippen LogP contribution in [0.4, 0.5) is 5.69 Å². The van der Waals surface area contributed by atoms with Crippen LogP contribution < -0.4 is 16.8 Å². The van der Waals surface area contributed by atoms with Crippen molar-refractivity contribution in [1.29, 1.82) is 0 Å². The van der Waals surface area contributed by atoms with Crippen LogP contribution >= 0.6 is 0 Å². The molecule has 0 saturated carbocycles. The fourth-order valence-corrected chi connectivity index (χ4v) is 2.40. The molecule has 4 heteroatoms. The number of nitrogen functional groups attached to an aromatic ring is 1. The number of benzene rings is 2.